The van der Waals surface area contributed by atoms with Gasteiger partial charge in [0.05, 0.1) is 7.11 Å². The number of carbonyl (C=O) groups excluding carboxylic acids is 1. The molecular formula is C18H25O3-. The van der Waals surface area contributed by atoms with E-state index in [1.54, 1.807) is 0 Å². The van der Waals surface area contributed by atoms with Crippen molar-refractivity contribution >= 4 is 11.5 Å². The Balaban J connectivity index is 2.73. The molecule has 0 saturated carbocycles. The minimum atomic E-state index is -1.25. The van der Waals surface area contributed by atoms with E-state index in [0.29, 0.717) is 6.42 Å². The van der Waals surface area contributed by atoms with Crippen LogP contribution >= 0.6 is 0 Å². The van der Waals surface area contributed by atoms with Gasteiger partial charge in [-0.1, -0.05) is 69.4 Å². The largest absolute Gasteiger partial charge is 0.542 e. The van der Waals surface area contributed by atoms with Crippen molar-refractivity contribution in [2.45, 2.75) is 51.9 Å². The van der Waals surface area contributed by atoms with Crippen LogP contribution in [0.15, 0.2) is 36.1 Å². The summed E-state index contributed by atoms with van der Waals surface area (Å²) in [6.45, 7) is 2.20. The Morgan fingerprint density at radius 2 is 1.67 bits per heavy atom. The fourth-order valence-electron chi connectivity index (χ4n) is 2.44. The monoisotopic (exact) mass is 289 g/mol. The molecular weight excluding hydrogens is 264 g/mol. The summed E-state index contributed by atoms with van der Waals surface area (Å²) in [5.41, 5.74) is 1.63. The lowest BCUT2D eigenvalue weighted by molar-refractivity contribution is -0.302. The van der Waals surface area contributed by atoms with Crippen molar-refractivity contribution < 1.29 is 14.6 Å². The number of aliphatic carboxylic acids is 1. The van der Waals surface area contributed by atoms with Gasteiger partial charge in [0.15, 0.2) is 0 Å². The zero-order valence-corrected chi connectivity index (χ0v) is 13.1. The molecule has 0 radical (unpaired) electrons. The van der Waals surface area contributed by atoms with Gasteiger partial charge in [-0.25, -0.2) is 0 Å². The number of carbonyl (C=O) groups is 1. The Hall–Kier alpha value is -1.77. The highest BCUT2D eigenvalue weighted by Crippen LogP contribution is 2.25. The van der Waals surface area contributed by atoms with E-state index in [1.165, 1.54) is 32.8 Å². The molecule has 0 unspecified atom stereocenters. The van der Waals surface area contributed by atoms with Crippen molar-refractivity contribution in [3.8, 4) is 0 Å². The van der Waals surface area contributed by atoms with Crippen molar-refractivity contribution in [1.82, 2.24) is 0 Å². The predicted octanol–water partition coefficient (Wildman–Crippen LogP) is 3.54. The number of ether oxygens (including phenoxy) is 1. The van der Waals surface area contributed by atoms with Crippen LogP contribution in [0.3, 0.4) is 0 Å². The molecule has 0 aliphatic rings. The summed E-state index contributed by atoms with van der Waals surface area (Å²) < 4.78 is 5.04. The van der Waals surface area contributed by atoms with Gasteiger partial charge in [-0.05, 0) is 18.4 Å². The van der Waals surface area contributed by atoms with Crippen molar-refractivity contribution in [1.29, 1.82) is 0 Å². The highest BCUT2D eigenvalue weighted by atomic mass is 16.5. The molecule has 3 heteroatoms. The normalized spacial score (nSPS) is 11.9. The molecule has 0 fully saturated rings. The molecule has 0 aromatic heterocycles. The van der Waals surface area contributed by atoms with Gasteiger partial charge in [-0.3, -0.25) is 0 Å². The second-order valence-corrected chi connectivity index (χ2v) is 5.18. The molecule has 0 amide bonds. The molecule has 0 saturated heterocycles. The number of allylic oxidation sites excluding steroid dienone is 1. The van der Waals surface area contributed by atoms with Crippen LogP contribution in [-0.2, 0) is 9.53 Å². The van der Waals surface area contributed by atoms with E-state index in [-0.39, 0.29) is 5.76 Å². The zero-order chi connectivity index (χ0) is 15.5. The summed E-state index contributed by atoms with van der Waals surface area (Å²) in [5.74, 6) is -1.29. The average molecular weight is 289 g/mol. The summed E-state index contributed by atoms with van der Waals surface area (Å²) in [4.78, 5) is 11.2. The van der Waals surface area contributed by atoms with Gasteiger partial charge in [0.2, 0.25) is 0 Å². The van der Waals surface area contributed by atoms with Gasteiger partial charge in [-0.15, -0.1) is 0 Å². The van der Waals surface area contributed by atoms with Crippen molar-refractivity contribution in [3.63, 3.8) is 0 Å². The number of methoxy groups -OCH3 is 1. The van der Waals surface area contributed by atoms with Gasteiger partial charge in [-0.2, -0.15) is 0 Å². The summed E-state index contributed by atoms with van der Waals surface area (Å²) in [7, 11) is 1.38. The fourth-order valence-corrected chi connectivity index (χ4v) is 2.44. The maximum absolute atomic E-state index is 11.2. The molecule has 1 aromatic carbocycles. The third-order valence-electron chi connectivity index (χ3n) is 3.57. The van der Waals surface area contributed by atoms with Crippen LogP contribution in [0.2, 0.25) is 0 Å². The second-order valence-electron chi connectivity index (χ2n) is 5.18. The van der Waals surface area contributed by atoms with E-state index in [4.69, 9.17) is 4.74 Å². The quantitative estimate of drug-likeness (QED) is 0.376. The van der Waals surface area contributed by atoms with Gasteiger partial charge in [0, 0.05) is 5.57 Å². The number of benzene rings is 1. The number of unbranched alkanes of at least 4 members (excludes halogenated alkanes) is 5. The number of carboxylic acids is 1. The molecule has 21 heavy (non-hydrogen) atoms. The van der Waals surface area contributed by atoms with Crippen LogP contribution in [-0.4, -0.2) is 13.1 Å². The van der Waals surface area contributed by atoms with E-state index < -0.39 is 5.97 Å². The van der Waals surface area contributed by atoms with Crippen molar-refractivity contribution in [2.75, 3.05) is 7.11 Å². The third-order valence-corrected chi connectivity index (χ3v) is 3.57. The molecule has 0 heterocycles. The number of carboxylic acid groups (broad SMARTS) is 1. The first kappa shape index (κ1) is 17.3. The first-order chi connectivity index (χ1) is 10.2. The van der Waals surface area contributed by atoms with Crippen LogP contribution in [0.5, 0.6) is 0 Å². The van der Waals surface area contributed by atoms with Crippen LogP contribution in [0.1, 0.15) is 57.4 Å². The number of hydrogen-bond acceptors (Lipinski definition) is 3. The van der Waals surface area contributed by atoms with E-state index >= 15 is 0 Å². The minimum Gasteiger partial charge on any atom is -0.542 e. The molecule has 1 rings (SSSR count). The predicted molar refractivity (Wildman–Crippen MR) is 83.4 cm³/mol. The van der Waals surface area contributed by atoms with Gasteiger partial charge in [0.1, 0.15) is 11.7 Å². The molecule has 0 spiro atoms. The van der Waals surface area contributed by atoms with Crippen LogP contribution in [0.4, 0.5) is 0 Å². The maximum atomic E-state index is 11.2. The lowest BCUT2D eigenvalue weighted by Crippen LogP contribution is -2.26. The number of rotatable bonds is 10. The topological polar surface area (TPSA) is 49.4 Å². The minimum absolute atomic E-state index is 0.0465. The molecule has 0 atom stereocenters. The Labute approximate surface area is 127 Å². The summed E-state index contributed by atoms with van der Waals surface area (Å²) in [6, 6.07) is 9.54. The smallest absolute Gasteiger partial charge is 0.145 e. The molecule has 0 N–H and O–H groups in total. The average Bonchev–Trinajstić information content (AvgIpc) is 2.50. The molecule has 3 nitrogen and oxygen atoms in total. The molecule has 0 aliphatic heterocycles. The fraction of sp³-hybridized carbons (Fsp3) is 0.500. The van der Waals surface area contributed by atoms with E-state index in [1.807, 2.05) is 30.3 Å². The van der Waals surface area contributed by atoms with E-state index in [0.717, 1.165) is 24.0 Å². The standard InChI is InChI=1S/C18H26O3/c1-3-4-5-6-7-11-14-16(17(21-2)18(19)20)15-12-9-8-10-13-15/h8-10,12-13H,3-7,11,14H2,1-2H3,(H,19,20)/p-1. The molecule has 0 bridgehead atoms. The van der Waals surface area contributed by atoms with Crippen LogP contribution in [0.25, 0.3) is 5.57 Å². The number of hydrogen-bond donors (Lipinski definition) is 0. The Kier molecular flexibility index (Phi) is 8.25. The summed E-state index contributed by atoms with van der Waals surface area (Å²) >= 11 is 0. The first-order valence-electron chi connectivity index (χ1n) is 7.74. The Bertz CT molecular complexity index is 449. The first-order valence-corrected chi connectivity index (χ1v) is 7.74. The molecule has 116 valence electrons. The van der Waals surface area contributed by atoms with Gasteiger partial charge >= 0.3 is 0 Å². The van der Waals surface area contributed by atoms with E-state index in [2.05, 4.69) is 6.92 Å². The van der Waals surface area contributed by atoms with Crippen LogP contribution < -0.4 is 5.11 Å². The SMILES string of the molecule is CCCCCCCCC(=C(OC)C(=O)[O-])c1ccccc1. The maximum Gasteiger partial charge on any atom is 0.145 e. The van der Waals surface area contributed by atoms with Gasteiger partial charge in [0.25, 0.3) is 0 Å². The van der Waals surface area contributed by atoms with Gasteiger partial charge < -0.3 is 14.6 Å². The highest BCUT2D eigenvalue weighted by Gasteiger charge is 2.11. The lowest BCUT2D eigenvalue weighted by Gasteiger charge is -2.15. The lowest BCUT2D eigenvalue weighted by atomic mass is 9.97. The third kappa shape index (κ3) is 6.03. The Morgan fingerprint density at radius 3 is 2.24 bits per heavy atom. The van der Waals surface area contributed by atoms with Crippen molar-refractivity contribution in [3.05, 3.63) is 41.7 Å². The zero-order valence-electron chi connectivity index (χ0n) is 13.1. The Morgan fingerprint density at radius 1 is 1.05 bits per heavy atom. The van der Waals surface area contributed by atoms with E-state index in [9.17, 15) is 9.90 Å². The summed E-state index contributed by atoms with van der Waals surface area (Å²) in [5, 5.41) is 11.2. The second kappa shape index (κ2) is 10.0. The summed E-state index contributed by atoms with van der Waals surface area (Å²) in [6.07, 6.45) is 7.72. The molecule has 0 aliphatic carbocycles. The molecule has 1 aromatic rings. The van der Waals surface area contributed by atoms with Crippen LogP contribution in [0, 0.1) is 0 Å². The van der Waals surface area contributed by atoms with Crippen molar-refractivity contribution in [2.24, 2.45) is 0 Å². The highest BCUT2D eigenvalue weighted by molar-refractivity contribution is 5.93.